The van der Waals surface area contributed by atoms with Crippen LogP contribution in [0.3, 0.4) is 0 Å². The number of morpholine rings is 1. The van der Waals surface area contributed by atoms with Crippen molar-refractivity contribution in [2.45, 2.75) is 38.5 Å². The van der Waals surface area contributed by atoms with Crippen molar-refractivity contribution >= 4 is 5.82 Å². The van der Waals surface area contributed by atoms with E-state index in [1.165, 1.54) is 12.1 Å². The molecular weight excluding hydrogens is 387 g/mol. The summed E-state index contributed by atoms with van der Waals surface area (Å²) in [5, 5.41) is 9.03. The van der Waals surface area contributed by atoms with E-state index in [1.54, 1.807) is 13.2 Å². The van der Waals surface area contributed by atoms with Crippen LogP contribution in [0.4, 0.5) is 10.2 Å². The molecule has 8 heteroatoms. The summed E-state index contributed by atoms with van der Waals surface area (Å²) in [5.74, 6) is 0.635. The highest BCUT2D eigenvalue weighted by Gasteiger charge is 2.41. The molecule has 0 saturated carbocycles. The number of aromatic nitrogens is 2. The van der Waals surface area contributed by atoms with Gasteiger partial charge >= 0.3 is 0 Å². The van der Waals surface area contributed by atoms with Crippen molar-refractivity contribution in [3.8, 4) is 17.5 Å². The smallest absolute Gasteiger partial charge is 0.162 e. The SMILES string of the molecule is COCCC1(C)OCc2c(N3CCOCC3C)nc(-c3ccc(C#N)c(F)c3)nc21. The van der Waals surface area contributed by atoms with E-state index in [2.05, 4.69) is 11.8 Å². The molecule has 2 aliphatic rings. The van der Waals surface area contributed by atoms with Crippen LogP contribution < -0.4 is 4.90 Å². The normalized spacial score (nSPS) is 23.3. The van der Waals surface area contributed by atoms with E-state index in [0.29, 0.717) is 50.8 Å². The maximum absolute atomic E-state index is 14.3. The number of rotatable bonds is 5. The maximum atomic E-state index is 14.3. The second-order valence-electron chi connectivity index (χ2n) is 7.88. The molecule has 0 amide bonds. The highest BCUT2D eigenvalue weighted by molar-refractivity contribution is 5.63. The van der Waals surface area contributed by atoms with Crippen LogP contribution in [0.2, 0.25) is 0 Å². The molecule has 1 fully saturated rings. The zero-order valence-electron chi connectivity index (χ0n) is 17.4. The van der Waals surface area contributed by atoms with Crippen LogP contribution in [-0.2, 0) is 26.4 Å². The zero-order chi connectivity index (χ0) is 21.3. The summed E-state index contributed by atoms with van der Waals surface area (Å²) in [5.41, 5.74) is 1.68. The van der Waals surface area contributed by atoms with Gasteiger partial charge in [0.15, 0.2) is 5.82 Å². The first-order chi connectivity index (χ1) is 14.5. The Hall–Kier alpha value is -2.60. The third-order valence-electron chi connectivity index (χ3n) is 5.79. The number of hydrogen-bond acceptors (Lipinski definition) is 7. The van der Waals surface area contributed by atoms with Crippen molar-refractivity contribution in [2.75, 3.05) is 38.4 Å². The molecule has 0 aliphatic carbocycles. The van der Waals surface area contributed by atoms with Crippen molar-refractivity contribution in [3.05, 3.63) is 40.8 Å². The van der Waals surface area contributed by atoms with Crippen LogP contribution >= 0.6 is 0 Å². The summed E-state index contributed by atoms with van der Waals surface area (Å²) in [6, 6.07) is 6.45. The van der Waals surface area contributed by atoms with Gasteiger partial charge in [0.2, 0.25) is 0 Å². The van der Waals surface area contributed by atoms with Gasteiger partial charge in [0.05, 0.1) is 37.1 Å². The third kappa shape index (κ3) is 3.65. The van der Waals surface area contributed by atoms with Gasteiger partial charge in [-0.15, -0.1) is 0 Å². The molecule has 0 N–H and O–H groups in total. The second kappa shape index (κ2) is 8.26. The van der Waals surface area contributed by atoms with Crippen molar-refractivity contribution in [1.29, 1.82) is 5.26 Å². The Balaban J connectivity index is 1.85. The molecule has 2 atom stereocenters. The fourth-order valence-electron chi connectivity index (χ4n) is 3.98. The number of halogens is 1. The first-order valence-corrected chi connectivity index (χ1v) is 10.1. The van der Waals surface area contributed by atoms with Crippen LogP contribution in [0.1, 0.15) is 37.1 Å². The van der Waals surface area contributed by atoms with Crippen molar-refractivity contribution in [3.63, 3.8) is 0 Å². The fraction of sp³-hybridized carbons (Fsp3) is 0.500. The third-order valence-corrected chi connectivity index (χ3v) is 5.79. The van der Waals surface area contributed by atoms with Crippen LogP contribution in [-0.4, -0.2) is 49.5 Å². The summed E-state index contributed by atoms with van der Waals surface area (Å²) in [7, 11) is 1.66. The van der Waals surface area contributed by atoms with E-state index >= 15 is 0 Å². The lowest BCUT2D eigenvalue weighted by Crippen LogP contribution is -2.44. The molecule has 30 heavy (non-hydrogen) atoms. The van der Waals surface area contributed by atoms with E-state index in [1.807, 2.05) is 13.0 Å². The summed E-state index contributed by atoms with van der Waals surface area (Å²) in [6.45, 7) is 6.98. The van der Waals surface area contributed by atoms with Crippen LogP contribution in [0.15, 0.2) is 18.2 Å². The van der Waals surface area contributed by atoms with E-state index in [0.717, 1.165) is 17.1 Å². The van der Waals surface area contributed by atoms with Crippen molar-refractivity contribution in [1.82, 2.24) is 9.97 Å². The van der Waals surface area contributed by atoms with Crippen LogP contribution in [0.5, 0.6) is 0 Å². The molecule has 2 aliphatic heterocycles. The summed E-state index contributed by atoms with van der Waals surface area (Å²) < 4.78 is 31.3. The van der Waals surface area contributed by atoms with Gasteiger partial charge in [0.1, 0.15) is 23.3 Å². The van der Waals surface area contributed by atoms with E-state index in [4.69, 9.17) is 29.4 Å². The zero-order valence-corrected chi connectivity index (χ0v) is 17.4. The molecule has 158 valence electrons. The van der Waals surface area contributed by atoms with Crippen molar-refractivity contribution < 1.29 is 18.6 Å². The Morgan fingerprint density at radius 1 is 1.40 bits per heavy atom. The molecular formula is C22H25FN4O3. The fourth-order valence-corrected chi connectivity index (χ4v) is 3.98. The molecule has 2 unspecified atom stereocenters. The van der Waals surface area contributed by atoms with Gasteiger partial charge in [0, 0.05) is 37.8 Å². The Morgan fingerprint density at radius 2 is 2.23 bits per heavy atom. The number of methoxy groups -OCH3 is 1. The molecule has 0 radical (unpaired) electrons. The quantitative estimate of drug-likeness (QED) is 0.746. The first kappa shape index (κ1) is 20.7. The molecule has 4 rings (SSSR count). The molecule has 3 heterocycles. The number of anilines is 1. The minimum Gasteiger partial charge on any atom is -0.385 e. The predicted octanol–water partition coefficient (Wildman–Crippen LogP) is 3.16. The molecule has 1 aromatic carbocycles. The largest absolute Gasteiger partial charge is 0.385 e. The molecule has 2 aromatic rings. The standard InChI is InChI=1S/C22H25FN4O3/c1-14-12-29-9-7-27(14)21-17-13-30-22(2,6-8-28-3)19(17)25-20(26-21)15-4-5-16(11-24)18(23)10-15/h4-5,10,14H,6-9,12-13H2,1-3H3. The molecule has 0 bridgehead atoms. The van der Waals surface area contributed by atoms with Gasteiger partial charge in [0.25, 0.3) is 0 Å². The van der Waals surface area contributed by atoms with Gasteiger partial charge in [-0.2, -0.15) is 5.26 Å². The van der Waals surface area contributed by atoms with E-state index in [-0.39, 0.29) is 11.6 Å². The Kier molecular flexibility index (Phi) is 5.69. The monoisotopic (exact) mass is 412 g/mol. The summed E-state index contributed by atoms with van der Waals surface area (Å²) in [6.07, 6.45) is 0.646. The number of ether oxygens (including phenoxy) is 3. The lowest BCUT2D eigenvalue weighted by molar-refractivity contribution is -0.0448. The maximum Gasteiger partial charge on any atom is 0.162 e. The van der Waals surface area contributed by atoms with Gasteiger partial charge in [-0.05, 0) is 32.0 Å². The van der Waals surface area contributed by atoms with Gasteiger partial charge in [-0.25, -0.2) is 14.4 Å². The minimum absolute atomic E-state index is 0.00444. The van der Waals surface area contributed by atoms with Gasteiger partial charge < -0.3 is 19.1 Å². The van der Waals surface area contributed by atoms with Crippen molar-refractivity contribution in [2.24, 2.45) is 0 Å². The number of benzene rings is 1. The average Bonchev–Trinajstić information content (AvgIpc) is 3.09. The number of fused-ring (bicyclic) bond motifs is 1. The highest BCUT2D eigenvalue weighted by atomic mass is 19.1. The number of nitriles is 1. The van der Waals surface area contributed by atoms with E-state index < -0.39 is 11.4 Å². The van der Waals surface area contributed by atoms with Gasteiger partial charge in [-0.1, -0.05) is 0 Å². The Bertz CT molecular complexity index is 993. The number of nitrogens with zero attached hydrogens (tertiary/aromatic N) is 4. The first-order valence-electron chi connectivity index (χ1n) is 10.1. The lowest BCUT2D eigenvalue weighted by atomic mass is 9.96. The molecule has 7 nitrogen and oxygen atoms in total. The molecule has 0 spiro atoms. The molecule has 1 saturated heterocycles. The van der Waals surface area contributed by atoms with E-state index in [9.17, 15) is 4.39 Å². The van der Waals surface area contributed by atoms with Crippen LogP contribution in [0, 0.1) is 17.1 Å². The van der Waals surface area contributed by atoms with Crippen LogP contribution in [0.25, 0.3) is 11.4 Å². The second-order valence-corrected chi connectivity index (χ2v) is 7.88. The Morgan fingerprint density at radius 3 is 2.93 bits per heavy atom. The average molecular weight is 412 g/mol. The molecule has 1 aromatic heterocycles. The van der Waals surface area contributed by atoms with Gasteiger partial charge in [-0.3, -0.25) is 0 Å². The summed E-state index contributed by atoms with van der Waals surface area (Å²) in [4.78, 5) is 11.8. The lowest BCUT2D eigenvalue weighted by Gasteiger charge is -2.35. The number of hydrogen-bond donors (Lipinski definition) is 0. The Labute approximate surface area is 175 Å². The predicted molar refractivity (Wildman–Crippen MR) is 108 cm³/mol. The highest BCUT2D eigenvalue weighted by Crippen LogP contribution is 2.42. The minimum atomic E-state index is -0.613. The topological polar surface area (TPSA) is 80.5 Å². The summed E-state index contributed by atoms with van der Waals surface area (Å²) >= 11 is 0.